The summed E-state index contributed by atoms with van der Waals surface area (Å²) in [4.78, 5) is 10.5. The minimum absolute atomic E-state index is 0. The number of benzene rings is 1. The first-order chi connectivity index (χ1) is 5.25. The van der Waals surface area contributed by atoms with Crippen LogP contribution in [0.4, 0.5) is 0 Å². The number of carbonyl (C=O) groups excluding carboxylic acids is 1. The molecule has 0 heterocycles. The fourth-order valence-electron chi connectivity index (χ4n) is 0.813. The van der Waals surface area contributed by atoms with Crippen molar-refractivity contribution in [1.29, 1.82) is 0 Å². The molecule has 0 atom stereocenters. The van der Waals surface area contributed by atoms with Gasteiger partial charge in [0, 0.05) is 0 Å². The van der Waals surface area contributed by atoms with Gasteiger partial charge in [0.25, 0.3) is 0 Å². The molecule has 0 spiro atoms. The third-order valence-corrected chi connectivity index (χ3v) is 3.00. The van der Waals surface area contributed by atoms with Gasteiger partial charge in [0.15, 0.2) is 0 Å². The molecule has 0 saturated carbocycles. The molecule has 58 valence electrons. The van der Waals surface area contributed by atoms with Crippen LogP contribution in [0.1, 0.15) is 10.4 Å². The van der Waals surface area contributed by atoms with Gasteiger partial charge in [-0.25, -0.2) is 0 Å². The summed E-state index contributed by atoms with van der Waals surface area (Å²) in [7, 11) is 0. The first-order valence-corrected chi connectivity index (χ1v) is 5.67. The molecule has 0 saturated heterocycles. The monoisotopic (exact) mass is 238 g/mol. The second-order valence-electron chi connectivity index (χ2n) is 1.99. The van der Waals surface area contributed by atoms with Crippen molar-refractivity contribution >= 4 is 25.4 Å². The number of carboxylic acids is 1. The molecule has 1 aromatic carbocycles. The quantitative estimate of drug-likeness (QED) is 0.499. The Morgan fingerprint density at radius 2 is 2.00 bits per heavy atom. The Hall–Kier alpha value is 0.209. The summed E-state index contributed by atoms with van der Waals surface area (Å²) in [6.45, 7) is 0. The second kappa shape index (κ2) is 5.79. The van der Waals surface area contributed by atoms with Crippen molar-refractivity contribution < 1.29 is 39.5 Å². The Labute approximate surface area is 99.8 Å². The number of aromatic carboxylic acids is 1. The molecule has 0 aliphatic carbocycles. The maximum Gasteiger partial charge on any atom is 1.00 e. The molecular weight excluding hydrogens is 230 g/mol. The zero-order valence-corrected chi connectivity index (χ0v) is 10.7. The van der Waals surface area contributed by atoms with Crippen molar-refractivity contribution in [2.45, 2.75) is 5.82 Å². The largest absolute Gasteiger partial charge is 1.00 e. The first kappa shape index (κ1) is 12.2. The molecule has 0 unspecified atom stereocenters. The zero-order valence-electron chi connectivity index (χ0n) is 7.03. The van der Waals surface area contributed by atoms with Crippen LogP contribution in [-0.4, -0.2) is 20.9 Å². The van der Waals surface area contributed by atoms with Crippen molar-refractivity contribution in [2.24, 2.45) is 0 Å². The third kappa shape index (κ3) is 2.92. The molecule has 4 heteroatoms. The molecule has 1 rings (SSSR count). The van der Waals surface area contributed by atoms with E-state index in [9.17, 15) is 9.90 Å². The average molecular weight is 237 g/mol. The van der Waals surface area contributed by atoms with E-state index in [1.807, 2.05) is 18.0 Å². The molecule has 0 aromatic heterocycles. The Morgan fingerprint density at radius 3 is 2.42 bits per heavy atom. The fourth-order valence-corrected chi connectivity index (χ4v) is 2.04. The van der Waals surface area contributed by atoms with E-state index in [2.05, 4.69) is 0 Å². The van der Waals surface area contributed by atoms with Gasteiger partial charge in [-0.05, 0) is 0 Å². The van der Waals surface area contributed by atoms with Gasteiger partial charge >= 0.3 is 100 Å². The van der Waals surface area contributed by atoms with Gasteiger partial charge in [-0.1, -0.05) is 0 Å². The summed E-state index contributed by atoms with van der Waals surface area (Å²) in [6, 6.07) is 6.95. The van der Waals surface area contributed by atoms with Crippen LogP contribution in [0.25, 0.3) is 0 Å². The average Bonchev–Trinajstić information content (AvgIpc) is 2.04. The van der Waals surface area contributed by atoms with Crippen LogP contribution in [0.15, 0.2) is 24.3 Å². The van der Waals surface area contributed by atoms with E-state index in [0.717, 1.165) is 4.46 Å². The molecule has 1 aromatic rings. The van der Waals surface area contributed by atoms with Crippen LogP contribution in [0.3, 0.4) is 0 Å². The van der Waals surface area contributed by atoms with Gasteiger partial charge in [0.2, 0.25) is 0 Å². The van der Waals surface area contributed by atoms with Crippen LogP contribution in [0.2, 0.25) is 5.82 Å². The maximum absolute atomic E-state index is 10.5. The zero-order chi connectivity index (χ0) is 8.27. The van der Waals surface area contributed by atoms with Gasteiger partial charge in [-0.3, -0.25) is 0 Å². The van der Waals surface area contributed by atoms with E-state index >= 15 is 0 Å². The molecule has 0 amide bonds. The predicted octanol–water partition coefficient (Wildman–Crippen LogP) is -3.57. The van der Waals surface area contributed by atoms with Crippen LogP contribution in [-0.2, 0) is 0 Å². The summed E-state index contributed by atoms with van der Waals surface area (Å²) in [5.74, 6) is 0.902. The Morgan fingerprint density at radius 1 is 1.42 bits per heavy atom. The minimum Gasteiger partial charge on any atom is 1.00 e. The molecule has 0 bridgehead atoms. The van der Waals surface area contributed by atoms with Crippen molar-refractivity contribution in [3.63, 3.8) is 0 Å². The maximum atomic E-state index is 10.5. The van der Waals surface area contributed by atoms with Gasteiger partial charge < -0.3 is 0 Å². The van der Waals surface area contributed by atoms with Crippen LogP contribution in [0, 0.1) is 0 Å². The smallest absolute Gasteiger partial charge is 1.00 e. The summed E-state index contributed by atoms with van der Waals surface area (Å²) in [5, 5.41) is 10.5. The molecule has 12 heavy (non-hydrogen) atoms. The first-order valence-electron chi connectivity index (χ1n) is 3.10. The van der Waals surface area contributed by atoms with E-state index in [0.29, 0.717) is 5.56 Å². The van der Waals surface area contributed by atoms with Crippen molar-refractivity contribution in [3.05, 3.63) is 29.8 Å². The minimum atomic E-state index is -1.08. The van der Waals surface area contributed by atoms with Crippen molar-refractivity contribution in [3.8, 4) is 0 Å². The fraction of sp³-hybridized carbons (Fsp3) is 0.125. The standard InChI is InChI=1S/C8H8O2Se.Na/c1-11-7-5-3-2-4-6(7)8(9)10;/h2-5H,1H3,(H,9,10);/q;+1/p-1. The molecule has 2 nitrogen and oxygen atoms in total. The van der Waals surface area contributed by atoms with Crippen LogP contribution < -0.4 is 39.1 Å². The van der Waals surface area contributed by atoms with Crippen molar-refractivity contribution in [1.82, 2.24) is 0 Å². The normalized spacial score (nSPS) is 8.75. The Balaban J connectivity index is 0.00000121. The number of hydrogen-bond donors (Lipinski definition) is 0. The molecule has 0 aliphatic rings. The van der Waals surface area contributed by atoms with Gasteiger partial charge in [-0.2, -0.15) is 0 Å². The number of rotatable bonds is 2. The molecule has 0 fully saturated rings. The summed E-state index contributed by atoms with van der Waals surface area (Å²) >= 11 is 0.219. The third-order valence-electron chi connectivity index (χ3n) is 1.33. The summed E-state index contributed by atoms with van der Waals surface area (Å²) in [6.07, 6.45) is 0. The van der Waals surface area contributed by atoms with Crippen LogP contribution >= 0.6 is 0 Å². The van der Waals surface area contributed by atoms with Crippen molar-refractivity contribution in [2.75, 3.05) is 0 Å². The Kier molecular flexibility index (Phi) is 5.89. The summed E-state index contributed by atoms with van der Waals surface area (Å²) in [5.41, 5.74) is 0.329. The topological polar surface area (TPSA) is 40.1 Å². The predicted molar refractivity (Wildman–Crippen MR) is 42.0 cm³/mol. The van der Waals surface area contributed by atoms with Gasteiger partial charge in [0.05, 0.1) is 0 Å². The SMILES string of the molecule is C[Se]c1ccccc1C(=O)[O-].[Na+]. The van der Waals surface area contributed by atoms with E-state index in [4.69, 9.17) is 0 Å². The summed E-state index contributed by atoms with van der Waals surface area (Å²) < 4.78 is 0.889. The number of hydrogen-bond acceptors (Lipinski definition) is 2. The molecular formula is C8H7NaO2Se. The van der Waals surface area contributed by atoms with E-state index < -0.39 is 5.97 Å². The van der Waals surface area contributed by atoms with E-state index in [1.54, 1.807) is 12.1 Å². The van der Waals surface area contributed by atoms with E-state index in [-0.39, 0.29) is 44.5 Å². The van der Waals surface area contributed by atoms with E-state index in [1.165, 1.54) is 0 Å². The van der Waals surface area contributed by atoms with Crippen LogP contribution in [0.5, 0.6) is 0 Å². The number of carboxylic acid groups (broad SMARTS) is 1. The van der Waals surface area contributed by atoms with Gasteiger partial charge in [-0.15, -0.1) is 0 Å². The molecule has 0 aliphatic heterocycles. The Bertz CT molecular complexity index is 276. The molecule has 0 N–H and O–H groups in total. The molecule has 0 radical (unpaired) electrons. The number of carbonyl (C=O) groups is 1. The van der Waals surface area contributed by atoms with Gasteiger partial charge in [0.1, 0.15) is 0 Å². The second-order valence-corrected chi connectivity index (χ2v) is 3.77.